The van der Waals surface area contributed by atoms with Crippen molar-refractivity contribution in [1.29, 1.82) is 0 Å². The Balaban J connectivity index is 1.33. The summed E-state index contributed by atoms with van der Waals surface area (Å²) in [6.45, 7) is 7.28. The first-order valence-electron chi connectivity index (χ1n) is 12.0. The van der Waals surface area contributed by atoms with E-state index in [-0.39, 0.29) is 36.5 Å². The molecule has 4 rings (SSSR count). The van der Waals surface area contributed by atoms with Gasteiger partial charge in [-0.15, -0.1) is 0 Å². The number of benzene rings is 2. The maximum Gasteiger partial charge on any atom is 0.243 e. The summed E-state index contributed by atoms with van der Waals surface area (Å²) in [5.41, 5.74) is 3.42. The molecule has 2 aromatic carbocycles. The van der Waals surface area contributed by atoms with Crippen LogP contribution >= 0.6 is 0 Å². The third-order valence-corrected chi connectivity index (χ3v) is 6.74. The lowest BCUT2D eigenvalue weighted by molar-refractivity contribution is -0.145. The quantitative estimate of drug-likeness (QED) is 0.659. The first kappa shape index (κ1) is 24.7. The molecular formula is C26H32FN5O3. The summed E-state index contributed by atoms with van der Waals surface area (Å²) in [5.74, 6) is -1.06. The molecule has 186 valence electrons. The minimum Gasteiger partial charge on any atom is -0.367 e. The van der Waals surface area contributed by atoms with Crippen molar-refractivity contribution in [3.8, 4) is 0 Å². The first-order chi connectivity index (χ1) is 16.8. The van der Waals surface area contributed by atoms with Crippen LogP contribution in [0.1, 0.15) is 17.5 Å². The zero-order valence-corrected chi connectivity index (χ0v) is 20.2. The largest absolute Gasteiger partial charge is 0.367 e. The lowest BCUT2D eigenvalue weighted by atomic mass is 10.1. The van der Waals surface area contributed by atoms with Gasteiger partial charge in [0, 0.05) is 45.0 Å². The Kier molecular flexibility index (Phi) is 7.65. The molecule has 0 aliphatic carbocycles. The molecule has 2 fully saturated rings. The van der Waals surface area contributed by atoms with Crippen molar-refractivity contribution in [2.75, 3.05) is 56.0 Å². The van der Waals surface area contributed by atoms with E-state index in [1.807, 2.05) is 47.9 Å². The Morgan fingerprint density at radius 3 is 2.49 bits per heavy atom. The fourth-order valence-electron chi connectivity index (χ4n) is 4.56. The molecule has 0 spiro atoms. The van der Waals surface area contributed by atoms with Crippen LogP contribution in [-0.4, -0.2) is 79.4 Å². The number of nitrogens with one attached hydrogen (secondary N) is 2. The van der Waals surface area contributed by atoms with Crippen LogP contribution in [0.4, 0.5) is 15.8 Å². The molecule has 1 unspecified atom stereocenters. The number of aryl methyl sites for hydroxylation is 2. The van der Waals surface area contributed by atoms with Gasteiger partial charge in [0.05, 0.1) is 18.7 Å². The summed E-state index contributed by atoms with van der Waals surface area (Å²) in [4.78, 5) is 43.9. The number of carbonyl (C=O) groups excluding carboxylic acids is 3. The molecule has 2 aromatic rings. The minimum absolute atomic E-state index is 0.106. The van der Waals surface area contributed by atoms with Crippen molar-refractivity contribution in [3.05, 3.63) is 59.4 Å². The number of halogens is 1. The van der Waals surface area contributed by atoms with Crippen molar-refractivity contribution in [1.82, 2.24) is 15.1 Å². The molecule has 3 amide bonds. The third-order valence-electron chi connectivity index (χ3n) is 6.74. The number of amides is 3. The molecule has 1 atom stereocenters. The fourth-order valence-corrected chi connectivity index (χ4v) is 4.56. The molecule has 0 radical (unpaired) electrons. The fraction of sp³-hybridized carbons (Fsp3) is 0.423. The summed E-state index contributed by atoms with van der Waals surface area (Å²) >= 11 is 0. The van der Waals surface area contributed by atoms with Crippen LogP contribution in [0.5, 0.6) is 0 Å². The van der Waals surface area contributed by atoms with Crippen molar-refractivity contribution >= 4 is 29.1 Å². The van der Waals surface area contributed by atoms with Crippen LogP contribution in [0, 0.1) is 19.7 Å². The summed E-state index contributed by atoms with van der Waals surface area (Å²) < 4.78 is 14.1. The SMILES string of the molecule is Cc1ccc(NC(=O)CC2C(=O)NCCN2C(=O)CN2CCN(c3ccccc3F)CC2)cc1C. The van der Waals surface area contributed by atoms with E-state index in [1.54, 1.807) is 12.1 Å². The Morgan fingerprint density at radius 2 is 1.77 bits per heavy atom. The molecule has 2 aliphatic heterocycles. The normalized spacial score (nSPS) is 18.8. The average Bonchev–Trinajstić information content (AvgIpc) is 2.83. The number of rotatable bonds is 6. The average molecular weight is 482 g/mol. The van der Waals surface area contributed by atoms with Crippen molar-refractivity contribution < 1.29 is 18.8 Å². The lowest BCUT2D eigenvalue weighted by Crippen LogP contribution is -2.60. The van der Waals surface area contributed by atoms with E-state index < -0.39 is 6.04 Å². The van der Waals surface area contributed by atoms with Crippen LogP contribution in [0.25, 0.3) is 0 Å². The first-order valence-corrected chi connectivity index (χ1v) is 12.0. The number of hydrogen-bond donors (Lipinski definition) is 2. The molecule has 8 nitrogen and oxygen atoms in total. The van der Waals surface area contributed by atoms with Gasteiger partial charge in [-0.1, -0.05) is 18.2 Å². The molecule has 0 saturated carbocycles. The highest BCUT2D eigenvalue weighted by Crippen LogP contribution is 2.21. The van der Waals surface area contributed by atoms with E-state index in [0.717, 1.165) is 11.1 Å². The predicted octanol–water partition coefficient (Wildman–Crippen LogP) is 1.92. The predicted molar refractivity (Wildman–Crippen MR) is 133 cm³/mol. The Hall–Kier alpha value is -3.46. The summed E-state index contributed by atoms with van der Waals surface area (Å²) in [7, 11) is 0. The molecule has 2 aliphatic rings. The van der Waals surface area contributed by atoms with E-state index in [1.165, 1.54) is 11.0 Å². The number of para-hydroxylation sites is 1. The highest BCUT2D eigenvalue weighted by atomic mass is 19.1. The lowest BCUT2D eigenvalue weighted by Gasteiger charge is -2.39. The van der Waals surface area contributed by atoms with Gasteiger partial charge in [-0.05, 0) is 49.2 Å². The van der Waals surface area contributed by atoms with Crippen LogP contribution < -0.4 is 15.5 Å². The van der Waals surface area contributed by atoms with E-state index in [9.17, 15) is 18.8 Å². The Morgan fingerprint density at radius 1 is 1.03 bits per heavy atom. The third kappa shape index (κ3) is 5.97. The molecule has 35 heavy (non-hydrogen) atoms. The van der Waals surface area contributed by atoms with Gasteiger partial charge in [0.2, 0.25) is 17.7 Å². The van der Waals surface area contributed by atoms with Gasteiger partial charge >= 0.3 is 0 Å². The number of hydrogen-bond acceptors (Lipinski definition) is 5. The maximum absolute atomic E-state index is 14.1. The molecule has 9 heteroatoms. The second kappa shape index (κ2) is 10.9. The summed E-state index contributed by atoms with van der Waals surface area (Å²) in [5, 5.41) is 5.61. The maximum atomic E-state index is 14.1. The van der Waals surface area contributed by atoms with E-state index in [0.29, 0.717) is 50.6 Å². The number of nitrogens with zero attached hydrogens (tertiary/aromatic N) is 3. The second-order valence-corrected chi connectivity index (χ2v) is 9.16. The zero-order valence-electron chi connectivity index (χ0n) is 20.2. The molecular weight excluding hydrogens is 449 g/mol. The van der Waals surface area contributed by atoms with Gasteiger partial charge in [0.1, 0.15) is 11.9 Å². The topological polar surface area (TPSA) is 85.0 Å². The zero-order chi connectivity index (χ0) is 24.9. The van der Waals surface area contributed by atoms with Gasteiger partial charge in [-0.2, -0.15) is 0 Å². The smallest absolute Gasteiger partial charge is 0.243 e. The molecule has 2 N–H and O–H groups in total. The molecule has 2 saturated heterocycles. The van der Waals surface area contributed by atoms with E-state index in [4.69, 9.17) is 0 Å². The highest BCUT2D eigenvalue weighted by Gasteiger charge is 2.35. The summed E-state index contributed by atoms with van der Waals surface area (Å²) in [6.07, 6.45) is -0.106. The van der Waals surface area contributed by atoms with Gasteiger partial charge in [0.15, 0.2) is 0 Å². The van der Waals surface area contributed by atoms with Crippen LogP contribution in [0.3, 0.4) is 0 Å². The van der Waals surface area contributed by atoms with Gasteiger partial charge in [0.25, 0.3) is 0 Å². The highest BCUT2D eigenvalue weighted by molar-refractivity contribution is 5.97. The van der Waals surface area contributed by atoms with Crippen LogP contribution in [0.15, 0.2) is 42.5 Å². The Bertz CT molecular complexity index is 1100. The van der Waals surface area contributed by atoms with Gasteiger partial charge in [-0.3, -0.25) is 19.3 Å². The molecule has 2 heterocycles. The van der Waals surface area contributed by atoms with Crippen molar-refractivity contribution in [2.24, 2.45) is 0 Å². The monoisotopic (exact) mass is 481 g/mol. The van der Waals surface area contributed by atoms with Crippen molar-refractivity contribution in [2.45, 2.75) is 26.3 Å². The summed E-state index contributed by atoms with van der Waals surface area (Å²) in [6, 6.07) is 11.5. The molecule has 0 bridgehead atoms. The minimum atomic E-state index is -0.845. The van der Waals surface area contributed by atoms with Gasteiger partial charge in [-0.25, -0.2) is 4.39 Å². The van der Waals surface area contributed by atoms with E-state index >= 15 is 0 Å². The van der Waals surface area contributed by atoms with Crippen molar-refractivity contribution in [3.63, 3.8) is 0 Å². The van der Waals surface area contributed by atoms with Crippen LogP contribution in [0.2, 0.25) is 0 Å². The standard InChI is InChI=1S/C26H32FN5O3/c1-18-7-8-20(15-19(18)2)29-24(33)16-23-26(35)28-9-10-32(23)25(34)17-30-11-13-31(14-12-30)22-6-4-3-5-21(22)27/h3-8,15,23H,9-14,16-17H2,1-2H3,(H,28,35)(H,29,33). The Labute approximate surface area is 205 Å². The second-order valence-electron chi connectivity index (χ2n) is 9.16. The van der Waals surface area contributed by atoms with Crippen LogP contribution in [-0.2, 0) is 14.4 Å². The number of piperazine rings is 2. The van der Waals surface area contributed by atoms with E-state index in [2.05, 4.69) is 10.6 Å². The van der Waals surface area contributed by atoms with Gasteiger partial charge < -0.3 is 20.4 Å². The molecule has 0 aromatic heterocycles. The number of carbonyl (C=O) groups is 3. The number of anilines is 2.